The van der Waals surface area contributed by atoms with Crippen molar-refractivity contribution in [3.63, 3.8) is 0 Å². The third kappa shape index (κ3) is 5.00. The number of anilines is 1. The molecule has 0 aliphatic carbocycles. The van der Waals surface area contributed by atoms with E-state index in [-0.39, 0.29) is 12.5 Å². The van der Waals surface area contributed by atoms with Gasteiger partial charge in [-0.05, 0) is 54.8 Å². The molecule has 0 atom stereocenters. The number of hydrogen-bond donors (Lipinski definition) is 1. The number of benzene rings is 2. The lowest BCUT2D eigenvalue weighted by Crippen LogP contribution is -2.17. The van der Waals surface area contributed by atoms with E-state index in [0.29, 0.717) is 0 Å². The second-order valence-corrected chi connectivity index (χ2v) is 5.82. The molecule has 0 heterocycles. The Kier molecular flexibility index (Phi) is 5.72. The van der Waals surface area contributed by atoms with E-state index in [1.54, 1.807) is 6.21 Å². The molecule has 2 aromatic rings. The molecule has 0 bridgehead atoms. The number of nitrogens with zero attached hydrogens (tertiary/aromatic N) is 1. The van der Waals surface area contributed by atoms with E-state index in [4.69, 9.17) is 4.84 Å². The summed E-state index contributed by atoms with van der Waals surface area (Å²) in [6, 6.07) is 13.4. The van der Waals surface area contributed by atoms with Gasteiger partial charge in [0.2, 0.25) is 0 Å². The van der Waals surface area contributed by atoms with Crippen LogP contribution in [0.25, 0.3) is 0 Å². The molecule has 0 saturated heterocycles. The number of aryl methyl sites for hydroxylation is 2. The van der Waals surface area contributed by atoms with Crippen LogP contribution in [0.3, 0.4) is 0 Å². The van der Waals surface area contributed by atoms with Crippen LogP contribution in [0.15, 0.2) is 52.1 Å². The van der Waals surface area contributed by atoms with Crippen molar-refractivity contribution in [1.29, 1.82) is 0 Å². The first-order valence-corrected chi connectivity index (χ1v) is 7.62. The Morgan fingerprint density at radius 1 is 1.18 bits per heavy atom. The molecule has 1 N–H and O–H groups in total. The highest BCUT2D eigenvalue weighted by atomic mass is 79.9. The molecule has 0 aliphatic rings. The van der Waals surface area contributed by atoms with Crippen molar-refractivity contribution in [1.82, 2.24) is 0 Å². The molecule has 0 fully saturated rings. The molecule has 0 spiro atoms. The van der Waals surface area contributed by atoms with Crippen molar-refractivity contribution >= 4 is 33.7 Å². The highest BCUT2D eigenvalue weighted by molar-refractivity contribution is 9.10. The Bertz CT molecular complexity index is 682. The number of oxime groups is 1. The van der Waals surface area contributed by atoms with Crippen LogP contribution in [-0.4, -0.2) is 18.7 Å². The maximum absolute atomic E-state index is 11.7. The lowest BCUT2D eigenvalue weighted by molar-refractivity contribution is -0.120. The highest BCUT2D eigenvalue weighted by Gasteiger charge is 2.03. The summed E-state index contributed by atoms with van der Waals surface area (Å²) in [5.74, 6) is -0.240. The molecule has 0 unspecified atom stereocenters. The molecule has 114 valence electrons. The Balaban J connectivity index is 1.80. The second-order valence-electron chi connectivity index (χ2n) is 4.91. The normalized spacial score (nSPS) is 10.7. The highest BCUT2D eigenvalue weighted by Crippen LogP contribution is 2.14. The molecular formula is C17H17BrN2O2. The number of carbonyl (C=O) groups excluding carboxylic acids is 1. The Labute approximate surface area is 138 Å². The molecule has 4 nitrogen and oxygen atoms in total. The molecular weight excluding hydrogens is 344 g/mol. The van der Waals surface area contributed by atoms with E-state index in [0.717, 1.165) is 21.3 Å². The van der Waals surface area contributed by atoms with Gasteiger partial charge in [-0.2, -0.15) is 0 Å². The fraction of sp³-hybridized carbons (Fsp3) is 0.176. The third-order valence-corrected chi connectivity index (χ3v) is 3.66. The topological polar surface area (TPSA) is 50.7 Å². The van der Waals surface area contributed by atoms with Crippen molar-refractivity contribution in [3.05, 3.63) is 63.6 Å². The largest absolute Gasteiger partial charge is 0.386 e. The van der Waals surface area contributed by atoms with Crippen LogP contribution in [-0.2, 0) is 9.63 Å². The monoisotopic (exact) mass is 360 g/mol. The predicted molar refractivity (Wildman–Crippen MR) is 92.2 cm³/mol. The van der Waals surface area contributed by atoms with Gasteiger partial charge in [0, 0.05) is 10.2 Å². The molecule has 0 radical (unpaired) electrons. The van der Waals surface area contributed by atoms with Gasteiger partial charge in [-0.15, -0.1) is 0 Å². The predicted octanol–water partition coefficient (Wildman–Crippen LogP) is 4.06. The minimum Gasteiger partial charge on any atom is -0.386 e. The molecule has 22 heavy (non-hydrogen) atoms. The first kappa shape index (κ1) is 16.2. The molecule has 2 rings (SSSR count). The lowest BCUT2D eigenvalue weighted by atomic mass is 10.1. The summed E-state index contributed by atoms with van der Waals surface area (Å²) in [6.45, 7) is 3.91. The average molecular weight is 361 g/mol. The van der Waals surface area contributed by atoms with Gasteiger partial charge in [0.15, 0.2) is 6.61 Å². The fourth-order valence-corrected chi connectivity index (χ4v) is 2.02. The molecule has 1 amide bonds. The van der Waals surface area contributed by atoms with Crippen LogP contribution in [0.1, 0.15) is 16.7 Å². The number of rotatable bonds is 5. The minimum atomic E-state index is -0.240. The Morgan fingerprint density at radius 3 is 2.59 bits per heavy atom. The van der Waals surface area contributed by atoms with Crippen LogP contribution >= 0.6 is 15.9 Å². The van der Waals surface area contributed by atoms with Crippen LogP contribution in [0.4, 0.5) is 5.69 Å². The summed E-state index contributed by atoms with van der Waals surface area (Å²) in [5, 5.41) is 6.56. The van der Waals surface area contributed by atoms with E-state index in [9.17, 15) is 4.79 Å². The van der Waals surface area contributed by atoms with Crippen molar-refractivity contribution in [2.24, 2.45) is 5.16 Å². The van der Waals surface area contributed by atoms with Gasteiger partial charge in [-0.1, -0.05) is 39.3 Å². The standard InChI is InChI=1S/C17H17BrN2O2/c1-12-3-8-16(9-13(12)2)20-17(21)11-22-19-10-14-4-6-15(18)7-5-14/h3-10H,11H2,1-2H3,(H,20,21)/b19-10-. The minimum absolute atomic E-state index is 0.125. The average Bonchev–Trinajstić information content (AvgIpc) is 2.49. The maximum Gasteiger partial charge on any atom is 0.265 e. The maximum atomic E-state index is 11.7. The van der Waals surface area contributed by atoms with Gasteiger partial charge in [0.25, 0.3) is 5.91 Å². The zero-order valence-corrected chi connectivity index (χ0v) is 14.1. The van der Waals surface area contributed by atoms with E-state index >= 15 is 0 Å². The molecule has 0 saturated carbocycles. The van der Waals surface area contributed by atoms with Gasteiger partial charge in [-0.25, -0.2) is 0 Å². The molecule has 0 aliphatic heterocycles. The number of nitrogens with one attached hydrogen (secondary N) is 1. The van der Waals surface area contributed by atoms with Crippen molar-refractivity contribution in [2.45, 2.75) is 13.8 Å². The summed E-state index contributed by atoms with van der Waals surface area (Å²) in [4.78, 5) is 16.7. The van der Waals surface area contributed by atoms with Crippen LogP contribution in [0.5, 0.6) is 0 Å². The van der Waals surface area contributed by atoms with Gasteiger partial charge in [0.05, 0.1) is 6.21 Å². The van der Waals surface area contributed by atoms with Crippen LogP contribution < -0.4 is 5.32 Å². The SMILES string of the molecule is Cc1ccc(NC(=O)CO/N=C\c2ccc(Br)cc2)cc1C. The molecule has 2 aromatic carbocycles. The Morgan fingerprint density at radius 2 is 1.91 bits per heavy atom. The van der Waals surface area contributed by atoms with Gasteiger partial charge in [0.1, 0.15) is 0 Å². The number of amides is 1. The zero-order chi connectivity index (χ0) is 15.9. The molecule has 0 aromatic heterocycles. The third-order valence-electron chi connectivity index (χ3n) is 3.13. The van der Waals surface area contributed by atoms with Gasteiger partial charge < -0.3 is 10.2 Å². The summed E-state index contributed by atoms with van der Waals surface area (Å²) < 4.78 is 0.998. The van der Waals surface area contributed by atoms with E-state index < -0.39 is 0 Å². The summed E-state index contributed by atoms with van der Waals surface area (Å²) in [7, 11) is 0. The van der Waals surface area contributed by atoms with Crippen molar-refractivity contribution in [2.75, 3.05) is 11.9 Å². The summed E-state index contributed by atoms with van der Waals surface area (Å²) in [6.07, 6.45) is 1.57. The Hall–Kier alpha value is -2.14. The van der Waals surface area contributed by atoms with Gasteiger partial charge in [-0.3, -0.25) is 4.79 Å². The molecule has 5 heteroatoms. The number of halogens is 1. The fourth-order valence-electron chi connectivity index (χ4n) is 1.76. The van der Waals surface area contributed by atoms with Crippen molar-refractivity contribution in [3.8, 4) is 0 Å². The number of hydrogen-bond acceptors (Lipinski definition) is 3. The van der Waals surface area contributed by atoms with E-state index in [1.165, 1.54) is 5.56 Å². The quantitative estimate of drug-likeness (QED) is 0.645. The summed E-state index contributed by atoms with van der Waals surface area (Å²) in [5.41, 5.74) is 3.98. The van der Waals surface area contributed by atoms with Crippen LogP contribution in [0, 0.1) is 13.8 Å². The van der Waals surface area contributed by atoms with Crippen LogP contribution in [0.2, 0.25) is 0 Å². The smallest absolute Gasteiger partial charge is 0.265 e. The second kappa shape index (κ2) is 7.75. The number of carbonyl (C=O) groups is 1. The zero-order valence-electron chi connectivity index (χ0n) is 12.5. The van der Waals surface area contributed by atoms with E-state index in [1.807, 2.05) is 56.3 Å². The first-order chi connectivity index (χ1) is 10.5. The van der Waals surface area contributed by atoms with Crippen molar-refractivity contribution < 1.29 is 9.63 Å². The lowest BCUT2D eigenvalue weighted by Gasteiger charge is -2.06. The van der Waals surface area contributed by atoms with E-state index in [2.05, 4.69) is 26.4 Å². The summed E-state index contributed by atoms with van der Waals surface area (Å²) >= 11 is 3.36. The first-order valence-electron chi connectivity index (χ1n) is 6.82. The van der Waals surface area contributed by atoms with Gasteiger partial charge >= 0.3 is 0 Å².